The maximum absolute atomic E-state index is 13.4. The number of ether oxygens (including phenoxy) is 1. The van der Waals surface area contributed by atoms with Gasteiger partial charge in [0.2, 0.25) is 0 Å². The molecular weight excluding hydrogens is 225 g/mol. The number of hydrogen-bond acceptors (Lipinski definition) is 3. The third-order valence-electron chi connectivity index (χ3n) is 2.45. The topological polar surface area (TPSA) is 33.0 Å². The van der Waals surface area contributed by atoms with Gasteiger partial charge in [-0.2, -0.15) is 5.26 Å². The first-order valence-corrected chi connectivity index (χ1v) is 6.18. The highest BCUT2D eigenvalue weighted by molar-refractivity contribution is 7.99. The van der Waals surface area contributed by atoms with Gasteiger partial charge in [-0.05, 0) is 23.6 Å². The Hall–Kier alpha value is -1.05. The maximum Gasteiger partial charge on any atom is 0.141 e. The van der Waals surface area contributed by atoms with Gasteiger partial charge in [0.1, 0.15) is 17.3 Å². The van der Waals surface area contributed by atoms with Crippen LogP contribution < -0.4 is 0 Å². The molecule has 84 valence electrons. The summed E-state index contributed by atoms with van der Waals surface area (Å²) in [6, 6.07) is 6.47. The Labute approximate surface area is 98.4 Å². The number of hydrogen-bond donors (Lipinski definition) is 0. The van der Waals surface area contributed by atoms with E-state index in [1.54, 1.807) is 17.8 Å². The molecule has 4 heteroatoms. The van der Waals surface area contributed by atoms with Crippen LogP contribution in [0.4, 0.5) is 4.39 Å². The minimum absolute atomic E-state index is 0.0814. The first-order chi connectivity index (χ1) is 7.70. The highest BCUT2D eigenvalue weighted by atomic mass is 32.2. The average Bonchev–Trinajstić information content (AvgIpc) is 2.30. The molecule has 1 aliphatic rings. The first kappa shape index (κ1) is 11.4. The smallest absolute Gasteiger partial charge is 0.141 e. The van der Waals surface area contributed by atoms with Gasteiger partial charge in [0.15, 0.2) is 0 Å². The van der Waals surface area contributed by atoms with E-state index < -0.39 is 5.82 Å². The predicted molar refractivity (Wildman–Crippen MR) is 61.4 cm³/mol. The minimum atomic E-state index is -0.470. The van der Waals surface area contributed by atoms with Crippen LogP contribution in [0, 0.1) is 23.1 Å². The molecule has 2 unspecified atom stereocenters. The van der Waals surface area contributed by atoms with Gasteiger partial charge in [-0.15, -0.1) is 11.8 Å². The molecular formula is C12H12FNOS. The van der Waals surface area contributed by atoms with Crippen molar-refractivity contribution in [2.45, 2.75) is 12.4 Å². The standard InChI is InChI=1S/C12H12FNOS/c1-8-6-15-12(16-7-8)9-2-3-10(5-14)11(13)4-9/h2-4,8,12H,6-7H2,1H3. The van der Waals surface area contributed by atoms with Crippen LogP contribution in [0.25, 0.3) is 0 Å². The molecule has 2 atom stereocenters. The van der Waals surface area contributed by atoms with Crippen molar-refractivity contribution in [3.05, 3.63) is 35.1 Å². The molecule has 1 saturated heterocycles. The highest BCUT2D eigenvalue weighted by Crippen LogP contribution is 2.36. The molecule has 0 saturated carbocycles. The van der Waals surface area contributed by atoms with Crippen LogP contribution >= 0.6 is 11.8 Å². The highest BCUT2D eigenvalue weighted by Gasteiger charge is 2.21. The Morgan fingerprint density at radius 2 is 2.38 bits per heavy atom. The van der Waals surface area contributed by atoms with Crippen molar-refractivity contribution >= 4 is 11.8 Å². The molecule has 0 bridgehead atoms. The number of nitriles is 1. The van der Waals surface area contributed by atoms with E-state index in [4.69, 9.17) is 10.00 Å². The largest absolute Gasteiger partial charge is 0.362 e. The van der Waals surface area contributed by atoms with Crippen molar-refractivity contribution in [1.82, 2.24) is 0 Å². The van der Waals surface area contributed by atoms with E-state index in [9.17, 15) is 4.39 Å². The Kier molecular flexibility index (Phi) is 3.47. The quantitative estimate of drug-likeness (QED) is 0.752. The van der Waals surface area contributed by atoms with E-state index in [1.807, 2.05) is 6.07 Å². The van der Waals surface area contributed by atoms with Crippen molar-refractivity contribution in [2.24, 2.45) is 5.92 Å². The molecule has 0 amide bonds. The van der Waals surface area contributed by atoms with Crippen LogP contribution in [0.3, 0.4) is 0 Å². The lowest BCUT2D eigenvalue weighted by Crippen LogP contribution is -2.18. The van der Waals surface area contributed by atoms with E-state index in [0.29, 0.717) is 12.5 Å². The number of benzene rings is 1. The summed E-state index contributed by atoms with van der Waals surface area (Å²) >= 11 is 1.67. The fraction of sp³-hybridized carbons (Fsp3) is 0.417. The normalized spacial score (nSPS) is 25.1. The summed E-state index contributed by atoms with van der Waals surface area (Å²) in [6.45, 7) is 2.84. The summed E-state index contributed by atoms with van der Waals surface area (Å²) in [5.41, 5.74) is 0.782. The number of nitrogens with zero attached hydrogens (tertiary/aromatic N) is 1. The number of thioether (sulfide) groups is 1. The summed E-state index contributed by atoms with van der Waals surface area (Å²) < 4.78 is 19.0. The summed E-state index contributed by atoms with van der Waals surface area (Å²) in [6.07, 6.45) is 0. The van der Waals surface area contributed by atoms with Gasteiger partial charge in [-0.25, -0.2) is 4.39 Å². The lowest BCUT2D eigenvalue weighted by Gasteiger charge is -2.26. The molecule has 0 radical (unpaired) electrons. The van der Waals surface area contributed by atoms with Crippen LogP contribution in [-0.4, -0.2) is 12.4 Å². The second-order valence-corrected chi connectivity index (χ2v) is 5.05. The molecule has 1 heterocycles. The van der Waals surface area contributed by atoms with Crippen molar-refractivity contribution in [1.29, 1.82) is 5.26 Å². The van der Waals surface area contributed by atoms with Gasteiger partial charge >= 0.3 is 0 Å². The Morgan fingerprint density at radius 3 is 2.94 bits per heavy atom. The Morgan fingerprint density at radius 1 is 1.56 bits per heavy atom. The van der Waals surface area contributed by atoms with Crippen LogP contribution in [-0.2, 0) is 4.74 Å². The van der Waals surface area contributed by atoms with E-state index in [1.165, 1.54) is 12.1 Å². The lowest BCUT2D eigenvalue weighted by molar-refractivity contribution is 0.0812. The SMILES string of the molecule is CC1COC(c2ccc(C#N)c(F)c2)SC1. The average molecular weight is 237 g/mol. The second-order valence-electron chi connectivity index (χ2n) is 3.95. The predicted octanol–water partition coefficient (Wildman–Crippen LogP) is 3.10. The Bertz CT molecular complexity index is 422. The van der Waals surface area contributed by atoms with E-state index >= 15 is 0 Å². The summed E-state index contributed by atoms with van der Waals surface area (Å²) in [5.74, 6) is 1.10. The van der Waals surface area contributed by atoms with E-state index in [0.717, 1.165) is 11.3 Å². The first-order valence-electron chi connectivity index (χ1n) is 5.13. The van der Waals surface area contributed by atoms with Gasteiger partial charge in [-0.3, -0.25) is 0 Å². The van der Waals surface area contributed by atoms with Gasteiger partial charge < -0.3 is 4.74 Å². The van der Waals surface area contributed by atoms with Gasteiger partial charge in [-0.1, -0.05) is 13.0 Å². The fourth-order valence-electron chi connectivity index (χ4n) is 1.56. The van der Waals surface area contributed by atoms with E-state index in [-0.39, 0.29) is 11.0 Å². The van der Waals surface area contributed by atoms with Gasteiger partial charge in [0.05, 0.1) is 12.2 Å². The molecule has 0 aliphatic carbocycles. The van der Waals surface area contributed by atoms with Crippen LogP contribution in [0.15, 0.2) is 18.2 Å². The van der Waals surface area contributed by atoms with Crippen molar-refractivity contribution in [3.63, 3.8) is 0 Å². The summed E-state index contributed by atoms with van der Waals surface area (Å²) in [7, 11) is 0. The minimum Gasteiger partial charge on any atom is -0.362 e. The zero-order chi connectivity index (χ0) is 11.5. The molecule has 1 aliphatic heterocycles. The van der Waals surface area contributed by atoms with Crippen LogP contribution in [0.2, 0.25) is 0 Å². The Balaban J connectivity index is 2.16. The van der Waals surface area contributed by atoms with Gasteiger partial charge in [0, 0.05) is 5.75 Å². The molecule has 16 heavy (non-hydrogen) atoms. The van der Waals surface area contributed by atoms with Crippen molar-refractivity contribution < 1.29 is 9.13 Å². The third-order valence-corrected chi connectivity index (χ3v) is 3.92. The van der Waals surface area contributed by atoms with Crippen molar-refractivity contribution in [2.75, 3.05) is 12.4 Å². The number of rotatable bonds is 1. The second kappa shape index (κ2) is 4.86. The molecule has 1 aromatic rings. The molecule has 2 nitrogen and oxygen atoms in total. The molecule has 1 fully saturated rings. The van der Waals surface area contributed by atoms with E-state index in [2.05, 4.69) is 6.92 Å². The summed E-state index contributed by atoms with van der Waals surface area (Å²) in [5, 5.41) is 8.63. The third kappa shape index (κ3) is 2.37. The lowest BCUT2D eigenvalue weighted by atomic mass is 10.1. The van der Waals surface area contributed by atoms with Crippen molar-refractivity contribution in [3.8, 4) is 6.07 Å². The van der Waals surface area contributed by atoms with Crippen LogP contribution in [0.5, 0.6) is 0 Å². The molecule has 0 N–H and O–H groups in total. The zero-order valence-corrected chi connectivity index (χ0v) is 9.76. The maximum atomic E-state index is 13.4. The molecule has 0 aromatic heterocycles. The van der Waals surface area contributed by atoms with Crippen LogP contribution in [0.1, 0.15) is 23.5 Å². The molecule has 1 aromatic carbocycles. The zero-order valence-electron chi connectivity index (χ0n) is 8.94. The van der Waals surface area contributed by atoms with Gasteiger partial charge in [0.25, 0.3) is 0 Å². The molecule has 2 rings (SSSR count). The molecule has 0 spiro atoms. The monoisotopic (exact) mass is 237 g/mol. The number of halogens is 1. The summed E-state index contributed by atoms with van der Waals surface area (Å²) in [4.78, 5) is 0. The fourth-order valence-corrected chi connectivity index (χ4v) is 2.67.